The van der Waals surface area contributed by atoms with Crippen molar-refractivity contribution in [1.82, 2.24) is 15.2 Å². The minimum atomic E-state index is -0.260. The average Bonchev–Trinajstić information content (AvgIpc) is 3.24. The highest BCUT2D eigenvalue weighted by Crippen LogP contribution is 2.28. The maximum atomic E-state index is 12.2. The van der Waals surface area contributed by atoms with Crippen LogP contribution >= 0.6 is 0 Å². The lowest BCUT2D eigenvalue weighted by Crippen LogP contribution is -2.43. The summed E-state index contributed by atoms with van der Waals surface area (Å²) in [6.45, 7) is 3.14. The number of hydrogen-bond donors (Lipinski definition) is 2. The molecule has 4 rings (SSSR count). The van der Waals surface area contributed by atoms with Crippen LogP contribution in [0.2, 0.25) is 0 Å². The third-order valence-electron chi connectivity index (χ3n) is 4.50. The fourth-order valence-corrected chi connectivity index (χ4v) is 3.32. The van der Waals surface area contributed by atoms with E-state index in [0.29, 0.717) is 11.7 Å². The molecule has 3 heterocycles. The van der Waals surface area contributed by atoms with Crippen LogP contribution in [0.25, 0.3) is 11.3 Å². The van der Waals surface area contributed by atoms with E-state index in [-0.39, 0.29) is 23.6 Å². The lowest BCUT2D eigenvalue weighted by molar-refractivity contribution is 0.0890. The van der Waals surface area contributed by atoms with E-state index >= 15 is 0 Å². The lowest BCUT2D eigenvalue weighted by atomic mass is 10.0. The third-order valence-corrected chi connectivity index (χ3v) is 4.50. The number of amides is 1. The largest absolute Gasteiger partial charge is 0.508 e. The van der Waals surface area contributed by atoms with Crippen molar-refractivity contribution in [3.05, 3.63) is 36.4 Å². The Labute approximate surface area is 127 Å². The number of carbonyl (C=O) groups excluding carboxylic acids is 1. The van der Waals surface area contributed by atoms with Crippen LogP contribution in [0.5, 0.6) is 5.75 Å². The molecule has 2 N–H and O–H groups in total. The Morgan fingerprint density at radius 2 is 2.14 bits per heavy atom. The van der Waals surface area contributed by atoms with Crippen molar-refractivity contribution in [3.8, 4) is 17.1 Å². The molecule has 22 heavy (non-hydrogen) atoms. The molecule has 2 unspecified atom stereocenters. The van der Waals surface area contributed by atoms with Gasteiger partial charge in [0, 0.05) is 24.7 Å². The van der Waals surface area contributed by atoms with Gasteiger partial charge < -0.3 is 19.7 Å². The highest BCUT2D eigenvalue weighted by atomic mass is 16.4. The van der Waals surface area contributed by atoms with E-state index in [4.69, 9.17) is 4.42 Å². The van der Waals surface area contributed by atoms with Gasteiger partial charge in [-0.05, 0) is 43.1 Å². The second-order valence-corrected chi connectivity index (χ2v) is 5.96. The van der Waals surface area contributed by atoms with Gasteiger partial charge in [0.25, 0.3) is 5.89 Å². The van der Waals surface area contributed by atoms with Gasteiger partial charge in [0.1, 0.15) is 5.75 Å². The van der Waals surface area contributed by atoms with Crippen molar-refractivity contribution in [2.75, 3.05) is 19.6 Å². The summed E-state index contributed by atoms with van der Waals surface area (Å²) in [5.74, 6) is 1.08. The predicted molar refractivity (Wildman–Crippen MR) is 79.4 cm³/mol. The molecule has 1 aromatic carbocycles. The highest BCUT2D eigenvalue weighted by Gasteiger charge is 2.39. The van der Waals surface area contributed by atoms with Crippen LogP contribution in [-0.4, -0.2) is 46.6 Å². The number of hydrogen-bond acceptors (Lipinski definition) is 5. The summed E-state index contributed by atoms with van der Waals surface area (Å²) < 4.78 is 5.54. The molecule has 114 valence electrons. The fourth-order valence-electron chi connectivity index (χ4n) is 3.32. The normalized spacial score (nSPS) is 26.3. The summed E-state index contributed by atoms with van der Waals surface area (Å²) in [4.78, 5) is 18.7. The van der Waals surface area contributed by atoms with Crippen LogP contribution in [-0.2, 0) is 0 Å². The Bertz CT molecular complexity index is 695. The quantitative estimate of drug-likeness (QED) is 0.897. The van der Waals surface area contributed by atoms with Crippen molar-refractivity contribution in [3.63, 3.8) is 0 Å². The molecule has 2 aromatic rings. The van der Waals surface area contributed by atoms with E-state index in [1.54, 1.807) is 24.3 Å². The molecule has 2 fully saturated rings. The number of piperidine rings is 1. The fraction of sp³-hybridized carbons (Fsp3) is 0.375. The average molecular weight is 299 g/mol. The number of rotatable bonds is 3. The second kappa shape index (κ2) is 5.14. The summed E-state index contributed by atoms with van der Waals surface area (Å²) in [7, 11) is 0. The standard InChI is InChI=1S/C16H17N3O3/c20-12-3-1-10(2-4-12)14-7-17-16(22-14)15(21)18-13-9-19-6-5-11(13)8-19/h1-4,7,11,13,20H,5-6,8-9H2,(H,18,21)/t11-,13?/m0/s1. The summed E-state index contributed by atoms with van der Waals surface area (Å²) in [6.07, 6.45) is 2.68. The molecule has 2 aliphatic rings. The SMILES string of the molecule is O=C(NC1CN2CC[C@H]1C2)c1ncc(-c2ccc(O)cc2)o1. The summed E-state index contributed by atoms with van der Waals surface area (Å²) in [5, 5.41) is 12.3. The molecule has 0 saturated carbocycles. The monoisotopic (exact) mass is 299 g/mol. The third kappa shape index (κ3) is 2.35. The number of phenolic OH excluding ortho intramolecular Hbond substituents is 1. The Hall–Kier alpha value is -2.34. The van der Waals surface area contributed by atoms with Gasteiger partial charge in [0.15, 0.2) is 5.76 Å². The summed E-state index contributed by atoms with van der Waals surface area (Å²) >= 11 is 0. The Balaban J connectivity index is 1.46. The van der Waals surface area contributed by atoms with Crippen LogP contribution < -0.4 is 5.32 Å². The number of nitrogens with zero attached hydrogens (tertiary/aromatic N) is 2. The Morgan fingerprint density at radius 3 is 2.82 bits per heavy atom. The van der Waals surface area contributed by atoms with Crippen molar-refractivity contribution in [2.24, 2.45) is 5.92 Å². The van der Waals surface area contributed by atoms with E-state index in [9.17, 15) is 9.90 Å². The number of carbonyl (C=O) groups is 1. The molecular formula is C16H17N3O3. The first-order valence-electron chi connectivity index (χ1n) is 7.47. The highest BCUT2D eigenvalue weighted by molar-refractivity contribution is 5.90. The molecule has 2 bridgehead atoms. The van der Waals surface area contributed by atoms with E-state index in [0.717, 1.165) is 31.6 Å². The van der Waals surface area contributed by atoms with Gasteiger partial charge in [-0.2, -0.15) is 0 Å². The maximum Gasteiger partial charge on any atom is 0.307 e. The molecule has 1 aromatic heterocycles. The molecule has 1 amide bonds. The van der Waals surface area contributed by atoms with E-state index in [2.05, 4.69) is 15.2 Å². The van der Waals surface area contributed by atoms with E-state index in [1.165, 1.54) is 6.20 Å². The van der Waals surface area contributed by atoms with Gasteiger partial charge in [0.05, 0.1) is 6.20 Å². The zero-order chi connectivity index (χ0) is 15.1. The number of oxazole rings is 1. The number of nitrogens with one attached hydrogen (secondary N) is 1. The summed E-state index contributed by atoms with van der Waals surface area (Å²) in [6, 6.07) is 6.79. The van der Waals surface area contributed by atoms with Crippen molar-refractivity contribution in [1.29, 1.82) is 0 Å². The molecule has 0 spiro atoms. The second-order valence-electron chi connectivity index (χ2n) is 5.96. The van der Waals surface area contributed by atoms with Gasteiger partial charge in [-0.15, -0.1) is 0 Å². The van der Waals surface area contributed by atoms with Crippen molar-refractivity contribution in [2.45, 2.75) is 12.5 Å². The molecule has 0 radical (unpaired) electrons. The molecule has 3 atom stereocenters. The number of aromatic hydroxyl groups is 1. The zero-order valence-electron chi connectivity index (χ0n) is 12.0. The Kier molecular flexibility index (Phi) is 3.11. The predicted octanol–water partition coefficient (Wildman–Crippen LogP) is 1.48. The van der Waals surface area contributed by atoms with Gasteiger partial charge >= 0.3 is 5.91 Å². The van der Waals surface area contributed by atoms with Crippen molar-refractivity contribution >= 4 is 5.91 Å². The first-order chi connectivity index (χ1) is 10.7. The van der Waals surface area contributed by atoms with Gasteiger partial charge in [0.2, 0.25) is 0 Å². The molecule has 2 saturated heterocycles. The van der Waals surface area contributed by atoms with Crippen LogP contribution in [0.4, 0.5) is 0 Å². The molecule has 0 aliphatic carbocycles. The smallest absolute Gasteiger partial charge is 0.307 e. The van der Waals surface area contributed by atoms with Crippen LogP contribution in [0.15, 0.2) is 34.9 Å². The van der Waals surface area contributed by atoms with Gasteiger partial charge in [-0.3, -0.25) is 4.79 Å². The van der Waals surface area contributed by atoms with Gasteiger partial charge in [-0.1, -0.05) is 0 Å². The molecule has 6 nitrogen and oxygen atoms in total. The topological polar surface area (TPSA) is 78.6 Å². The summed E-state index contributed by atoms with van der Waals surface area (Å²) in [5.41, 5.74) is 0.774. The number of benzene rings is 1. The lowest BCUT2D eigenvalue weighted by Gasteiger charge is -2.22. The van der Waals surface area contributed by atoms with E-state index in [1.807, 2.05) is 0 Å². The van der Waals surface area contributed by atoms with Crippen molar-refractivity contribution < 1.29 is 14.3 Å². The molecule has 2 aliphatic heterocycles. The van der Waals surface area contributed by atoms with E-state index < -0.39 is 0 Å². The first kappa shape index (κ1) is 13.3. The van der Waals surface area contributed by atoms with Crippen LogP contribution in [0.1, 0.15) is 17.1 Å². The first-order valence-corrected chi connectivity index (χ1v) is 7.47. The minimum absolute atomic E-state index is 0.0841. The van der Waals surface area contributed by atoms with Crippen LogP contribution in [0, 0.1) is 5.92 Å². The zero-order valence-corrected chi connectivity index (χ0v) is 12.0. The molecule has 6 heteroatoms. The molecular weight excluding hydrogens is 282 g/mol. The number of aromatic nitrogens is 1. The number of phenols is 1. The van der Waals surface area contributed by atoms with Crippen LogP contribution in [0.3, 0.4) is 0 Å². The minimum Gasteiger partial charge on any atom is -0.508 e. The maximum absolute atomic E-state index is 12.2. The number of fused-ring (bicyclic) bond motifs is 2. The van der Waals surface area contributed by atoms with Gasteiger partial charge in [-0.25, -0.2) is 4.98 Å². The Morgan fingerprint density at radius 1 is 1.32 bits per heavy atom.